The third kappa shape index (κ3) is 4.00. The Morgan fingerprint density at radius 1 is 1.39 bits per heavy atom. The van der Waals surface area contributed by atoms with Crippen LogP contribution in [0.3, 0.4) is 0 Å². The topological polar surface area (TPSA) is 37.4 Å². The summed E-state index contributed by atoms with van der Waals surface area (Å²) in [5.74, 6) is -0.422. The Balaban J connectivity index is 1.59. The molecule has 23 heavy (non-hydrogen) atoms. The minimum absolute atomic E-state index is 0.0345. The molecule has 0 aliphatic carbocycles. The van der Waals surface area contributed by atoms with Crippen LogP contribution in [-0.2, 0) is 34.3 Å². The van der Waals surface area contributed by atoms with E-state index < -0.39 is 16.6 Å². The van der Waals surface area contributed by atoms with E-state index in [0.29, 0.717) is 18.7 Å². The molecule has 7 heteroatoms. The van der Waals surface area contributed by atoms with Gasteiger partial charge >= 0.3 is 0 Å². The van der Waals surface area contributed by atoms with Crippen molar-refractivity contribution in [1.82, 2.24) is 4.90 Å². The van der Waals surface area contributed by atoms with Crippen molar-refractivity contribution in [3.63, 3.8) is 0 Å². The van der Waals surface area contributed by atoms with Gasteiger partial charge in [0.25, 0.3) is 0 Å². The first-order valence-corrected chi connectivity index (χ1v) is 9.89. The van der Waals surface area contributed by atoms with E-state index in [0.717, 1.165) is 6.42 Å². The molecule has 0 saturated carbocycles. The zero-order chi connectivity index (χ0) is 16.4. The first-order valence-electron chi connectivity index (χ1n) is 7.15. The fraction of sp³-hybridized carbons (Fsp3) is 0.312. The van der Waals surface area contributed by atoms with Crippen molar-refractivity contribution in [2.24, 2.45) is 0 Å². The lowest BCUT2D eigenvalue weighted by molar-refractivity contribution is -0.129. The van der Waals surface area contributed by atoms with E-state index in [2.05, 4.69) is 0 Å². The quantitative estimate of drug-likeness (QED) is 0.826. The number of nitrogens with zero attached hydrogens (tertiary/aromatic N) is 1. The molecule has 3 rings (SSSR count). The van der Waals surface area contributed by atoms with Crippen LogP contribution in [0.5, 0.6) is 0 Å². The van der Waals surface area contributed by atoms with E-state index in [1.165, 1.54) is 28.6 Å². The summed E-state index contributed by atoms with van der Waals surface area (Å²) in [6.45, 7) is 1.26. The zero-order valence-corrected chi connectivity index (χ0v) is 14.6. The number of carbonyl (C=O) groups is 1. The summed E-state index contributed by atoms with van der Waals surface area (Å²) in [6, 6.07) is 6.02. The molecule has 0 saturated heterocycles. The van der Waals surface area contributed by atoms with E-state index in [1.54, 1.807) is 16.2 Å². The lowest BCUT2D eigenvalue weighted by Gasteiger charge is -2.26. The lowest BCUT2D eigenvalue weighted by atomic mass is 10.1. The second kappa shape index (κ2) is 7.11. The summed E-state index contributed by atoms with van der Waals surface area (Å²) >= 11 is 7.65. The average molecular weight is 372 g/mol. The van der Waals surface area contributed by atoms with Crippen molar-refractivity contribution in [2.45, 2.75) is 18.7 Å². The Labute approximate surface area is 145 Å². The molecule has 0 bridgehead atoms. The summed E-state index contributed by atoms with van der Waals surface area (Å²) in [5.41, 5.74) is 1.78. The van der Waals surface area contributed by atoms with Gasteiger partial charge in [0.1, 0.15) is 11.6 Å². The van der Waals surface area contributed by atoms with Crippen molar-refractivity contribution in [2.75, 3.05) is 12.3 Å². The largest absolute Gasteiger partial charge is 0.337 e. The van der Waals surface area contributed by atoms with Gasteiger partial charge in [-0.1, -0.05) is 17.7 Å². The molecule has 0 N–H and O–H groups in total. The molecule has 2 aromatic rings. The van der Waals surface area contributed by atoms with Crippen molar-refractivity contribution >= 4 is 39.6 Å². The molecule has 0 radical (unpaired) electrons. The zero-order valence-electron chi connectivity index (χ0n) is 12.3. The monoisotopic (exact) mass is 371 g/mol. The molecular weight excluding hydrogens is 357 g/mol. The molecule has 1 aromatic carbocycles. The third-order valence-corrected chi connectivity index (χ3v) is 6.35. The third-order valence-electron chi connectivity index (χ3n) is 3.78. The van der Waals surface area contributed by atoms with Crippen LogP contribution in [0.2, 0.25) is 5.02 Å². The van der Waals surface area contributed by atoms with Crippen LogP contribution in [0.1, 0.15) is 16.0 Å². The van der Waals surface area contributed by atoms with E-state index in [1.807, 2.05) is 11.4 Å². The van der Waals surface area contributed by atoms with Gasteiger partial charge in [-0.15, -0.1) is 11.3 Å². The Morgan fingerprint density at radius 2 is 2.22 bits per heavy atom. The predicted octanol–water partition coefficient (Wildman–Crippen LogP) is 3.37. The van der Waals surface area contributed by atoms with E-state index in [4.69, 9.17) is 11.6 Å². The van der Waals surface area contributed by atoms with Crippen molar-refractivity contribution in [3.05, 3.63) is 56.5 Å². The first-order chi connectivity index (χ1) is 11.0. The van der Waals surface area contributed by atoms with Gasteiger partial charge in [0.2, 0.25) is 5.91 Å². The second-order valence-electron chi connectivity index (χ2n) is 5.40. The predicted molar refractivity (Wildman–Crippen MR) is 91.6 cm³/mol. The number of amides is 1. The molecule has 3 nitrogen and oxygen atoms in total. The fourth-order valence-corrected chi connectivity index (χ4v) is 4.92. The Morgan fingerprint density at radius 3 is 3.00 bits per heavy atom. The van der Waals surface area contributed by atoms with Crippen LogP contribution in [0.25, 0.3) is 0 Å². The van der Waals surface area contributed by atoms with Crippen LogP contribution in [-0.4, -0.2) is 27.3 Å². The number of carbonyl (C=O) groups excluding carboxylic acids is 1. The fourth-order valence-electron chi connectivity index (χ4n) is 2.55. The molecule has 1 aliphatic heterocycles. The van der Waals surface area contributed by atoms with Gasteiger partial charge < -0.3 is 4.90 Å². The van der Waals surface area contributed by atoms with Crippen molar-refractivity contribution in [1.29, 1.82) is 0 Å². The first kappa shape index (κ1) is 16.6. The normalized spacial score (nSPS) is 15.3. The molecule has 122 valence electrons. The molecule has 1 amide bonds. The molecule has 0 fully saturated rings. The molecule has 1 atom stereocenters. The SMILES string of the molecule is O=C(C[S@](=O)Cc1ccc(F)cc1Cl)N1CCc2sccc2C1. The number of thiophene rings is 1. The van der Waals surface area contributed by atoms with Crippen LogP contribution in [0.4, 0.5) is 4.39 Å². The minimum atomic E-state index is -1.36. The van der Waals surface area contributed by atoms with Crippen LogP contribution in [0, 0.1) is 5.82 Å². The standard InChI is InChI=1S/C16H15ClFNO2S2/c17-14-7-13(18)2-1-12(14)9-23(21)10-16(20)19-5-3-15-11(8-19)4-6-22-15/h1-2,4,6-7H,3,5,8-10H2/t23-/m1/s1. The summed E-state index contributed by atoms with van der Waals surface area (Å²) < 4.78 is 25.2. The smallest absolute Gasteiger partial charge is 0.235 e. The highest BCUT2D eigenvalue weighted by atomic mass is 35.5. The van der Waals surface area contributed by atoms with Crippen LogP contribution >= 0.6 is 22.9 Å². The Bertz CT molecular complexity index is 762. The maximum Gasteiger partial charge on any atom is 0.235 e. The number of fused-ring (bicyclic) bond motifs is 1. The van der Waals surface area contributed by atoms with Gasteiger partial charge in [-0.2, -0.15) is 0 Å². The van der Waals surface area contributed by atoms with E-state index in [-0.39, 0.29) is 22.4 Å². The maximum absolute atomic E-state index is 13.0. The summed E-state index contributed by atoms with van der Waals surface area (Å²) in [7, 11) is -1.36. The van der Waals surface area contributed by atoms with Crippen molar-refractivity contribution < 1.29 is 13.4 Å². The van der Waals surface area contributed by atoms with Gasteiger partial charge in [0.15, 0.2) is 0 Å². The van der Waals surface area contributed by atoms with Gasteiger partial charge in [-0.25, -0.2) is 4.39 Å². The van der Waals surface area contributed by atoms with Crippen LogP contribution < -0.4 is 0 Å². The molecule has 1 aliphatic rings. The average Bonchev–Trinajstić information content (AvgIpc) is 2.97. The highest BCUT2D eigenvalue weighted by Gasteiger charge is 2.23. The van der Waals surface area contributed by atoms with Gasteiger partial charge in [0.05, 0.1) is 5.75 Å². The highest BCUT2D eigenvalue weighted by Crippen LogP contribution is 2.24. The minimum Gasteiger partial charge on any atom is -0.337 e. The Hall–Kier alpha value is -1.24. The maximum atomic E-state index is 13.0. The van der Waals surface area contributed by atoms with E-state index in [9.17, 15) is 13.4 Å². The summed E-state index contributed by atoms with van der Waals surface area (Å²) in [5, 5.41) is 2.28. The van der Waals surface area contributed by atoms with Gasteiger partial charge in [-0.3, -0.25) is 9.00 Å². The van der Waals surface area contributed by atoms with Crippen molar-refractivity contribution in [3.8, 4) is 0 Å². The van der Waals surface area contributed by atoms with E-state index >= 15 is 0 Å². The van der Waals surface area contributed by atoms with Gasteiger partial charge in [0, 0.05) is 33.8 Å². The Kier molecular flexibility index (Phi) is 5.14. The summed E-state index contributed by atoms with van der Waals surface area (Å²) in [4.78, 5) is 15.4. The number of halogens is 2. The second-order valence-corrected chi connectivity index (χ2v) is 8.26. The molecule has 0 spiro atoms. The molecule has 1 aromatic heterocycles. The number of hydrogen-bond donors (Lipinski definition) is 0. The number of benzene rings is 1. The molecule has 0 unspecified atom stereocenters. The highest BCUT2D eigenvalue weighted by molar-refractivity contribution is 7.84. The number of hydrogen-bond acceptors (Lipinski definition) is 3. The van der Waals surface area contributed by atoms with Gasteiger partial charge in [-0.05, 0) is 41.1 Å². The summed E-state index contributed by atoms with van der Waals surface area (Å²) in [6.07, 6.45) is 0.856. The molecule has 2 heterocycles. The molecular formula is C16H15ClFNO2S2. The van der Waals surface area contributed by atoms with Crippen LogP contribution in [0.15, 0.2) is 29.6 Å². The number of rotatable bonds is 4. The lowest BCUT2D eigenvalue weighted by Crippen LogP contribution is -2.38.